The number of hydrogen-bond donors (Lipinski definition) is 1. The van der Waals surface area contributed by atoms with Crippen LogP contribution >= 0.6 is 0 Å². The van der Waals surface area contributed by atoms with Gasteiger partial charge in [-0.25, -0.2) is 13.8 Å². The van der Waals surface area contributed by atoms with Crippen molar-refractivity contribution in [3.8, 4) is 5.75 Å². The number of carbonyl (C=O) groups excluding carboxylic acids is 1. The maximum Gasteiger partial charge on any atom is 0.264 e. The fourth-order valence-electron chi connectivity index (χ4n) is 3.56. The van der Waals surface area contributed by atoms with Gasteiger partial charge in [-0.05, 0) is 35.0 Å². The van der Waals surface area contributed by atoms with Crippen molar-refractivity contribution in [1.29, 1.82) is 0 Å². The van der Waals surface area contributed by atoms with Crippen LogP contribution in [0.4, 0.5) is 5.69 Å². The molecule has 0 saturated heterocycles. The molecule has 0 aliphatic rings. The fraction of sp³-hybridized carbons (Fsp3) is 0.0769. The lowest BCUT2D eigenvalue weighted by atomic mass is 10.1. The van der Waals surface area contributed by atoms with E-state index in [4.69, 9.17) is 4.74 Å². The fourth-order valence-corrected chi connectivity index (χ4v) is 5.01. The standard InChI is InChI=1S/C26H23N3O4S/c1-33-25-17-8-7-16-24(25)29(34(31,32)22-13-3-2-4-14-22)19-26(30)28-27-18-21-12-9-11-20-10-5-6-15-23(20)21/h2-18H,19H2,1H3,(H,28,30)/b27-18-. The van der Waals surface area contributed by atoms with Crippen molar-refractivity contribution in [2.24, 2.45) is 5.10 Å². The van der Waals surface area contributed by atoms with Crippen LogP contribution in [0.15, 0.2) is 107 Å². The minimum Gasteiger partial charge on any atom is -0.495 e. The second-order valence-corrected chi connectivity index (χ2v) is 9.22. The van der Waals surface area contributed by atoms with Gasteiger partial charge in [0.15, 0.2) is 0 Å². The van der Waals surface area contributed by atoms with Crippen LogP contribution in [-0.4, -0.2) is 34.2 Å². The maximum absolute atomic E-state index is 13.4. The van der Waals surface area contributed by atoms with Gasteiger partial charge in [0.25, 0.3) is 15.9 Å². The molecule has 0 aliphatic carbocycles. The van der Waals surface area contributed by atoms with E-state index >= 15 is 0 Å². The summed E-state index contributed by atoms with van der Waals surface area (Å²) < 4.78 is 33.2. The summed E-state index contributed by atoms with van der Waals surface area (Å²) in [5.74, 6) is -0.268. The van der Waals surface area contributed by atoms with E-state index in [1.165, 1.54) is 19.2 Å². The summed E-state index contributed by atoms with van der Waals surface area (Å²) in [7, 11) is -2.60. The number of benzene rings is 4. The molecule has 8 heteroatoms. The highest BCUT2D eigenvalue weighted by molar-refractivity contribution is 7.92. The third-order valence-corrected chi connectivity index (χ3v) is 6.96. The molecule has 0 fully saturated rings. The summed E-state index contributed by atoms with van der Waals surface area (Å²) in [6.45, 7) is -0.482. The molecular weight excluding hydrogens is 450 g/mol. The second kappa shape index (κ2) is 10.2. The molecule has 1 N–H and O–H groups in total. The maximum atomic E-state index is 13.4. The van der Waals surface area contributed by atoms with Gasteiger partial charge in [0, 0.05) is 5.56 Å². The summed E-state index contributed by atoms with van der Waals surface area (Å²) in [5, 5.41) is 6.10. The quantitative estimate of drug-likeness (QED) is 0.307. The van der Waals surface area contributed by atoms with Crippen molar-refractivity contribution >= 4 is 38.6 Å². The summed E-state index contributed by atoms with van der Waals surface area (Å²) in [6, 6.07) is 28.2. The molecule has 172 valence electrons. The number of methoxy groups -OCH3 is 1. The average molecular weight is 474 g/mol. The molecule has 0 saturated carbocycles. The van der Waals surface area contributed by atoms with Crippen LogP contribution in [0.1, 0.15) is 5.56 Å². The molecule has 0 radical (unpaired) electrons. The molecule has 1 amide bonds. The minimum absolute atomic E-state index is 0.0629. The first-order valence-electron chi connectivity index (χ1n) is 10.5. The number of carbonyl (C=O) groups is 1. The Hall–Kier alpha value is -4.17. The Labute approximate surface area is 198 Å². The van der Waals surface area contributed by atoms with Gasteiger partial charge in [-0.2, -0.15) is 5.10 Å². The predicted molar refractivity (Wildman–Crippen MR) is 134 cm³/mol. The number of hydrogen-bond acceptors (Lipinski definition) is 5. The molecule has 0 aromatic heterocycles. The van der Waals surface area contributed by atoms with Crippen LogP contribution in [0.2, 0.25) is 0 Å². The minimum atomic E-state index is -4.05. The van der Waals surface area contributed by atoms with E-state index in [-0.39, 0.29) is 10.6 Å². The molecule has 0 aliphatic heterocycles. The number of ether oxygens (including phenoxy) is 1. The number of fused-ring (bicyclic) bond motifs is 1. The molecule has 34 heavy (non-hydrogen) atoms. The normalized spacial score (nSPS) is 11.4. The van der Waals surface area contributed by atoms with Gasteiger partial charge in [-0.15, -0.1) is 0 Å². The topological polar surface area (TPSA) is 88.1 Å². The molecular formula is C26H23N3O4S. The third-order valence-electron chi connectivity index (χ3n) is 5.19. The lowest BCUT2D eigenvalue weighted by molar-refractivity contribution is -0.119. The third kappa shape index (κ3) is 4.92. The van der Waals surface area contributed by atoms with Crippen LogP contribution in [0.5, 0.6) is 5.75 Å². The second-order valence-electron chi connectivity index (χ2n) is 7.36. The zero-order chi connectivity index (χ0) is 24.0. The van der Waals surface area contributed by atoms with Crippen LogP contribution in [0.25, 0.3) is 10.8 Å². The van der Waals surface area contributed by atoms with Crippen LogP contribution in [0.3, 0.4) is 0 Å². The highest BCUT2D eigenvalue weighted by atomic mass is 32.2. The summed E-state index contributed by atoms with van der Waals surface area (Å²) >= 11 is 0. The SMILES string of the molecule is COc1ccccc1N(CC(=O)N/N=C\c1cccc2ccccc12)S(=O)(=O)c1ccccc1. The van der Waals surface area contributed by atoms with Crippen LogP contribution < -0.4 is 14.5 Å². The Bertz CT molecular complexity index is 1430. The van der Waals surface area contributed by atoms with Crippen molar-refractivity contribution in [3.05, 3.63) is 103 Å². The molecule has 0 spiro atoms. The number of amides is 1. The van der Waals surface area contributed by atoms with E-state index in [1.54, 1.807) is 48.7 Å². The molecule has 0 unspecified atom stereocenters. The van der Waals surface area contributed by atoms with Crippen molar-refractivity contribution < 1.29 is 17.9 Å². The molecule has 4 rings (SSSR count). The Balaban J connectivity index is 1.60. The molecule has 0 bridgehead atoms. The highest BCUT2D eigenvalue weighted by Crippen LogP contribution is 2.32. The number of hydrazone groups is 1. The Morgan fingerprint density at radius 1 is 0.912 bits per heavy atom. The van der Waals surface area contributed by atoms with Crippen LogP contribution in [-0.2, 0) is 14.8 Å². The monoisotopic (exact) mass is 473 g/mol. The summed E-state index contributed by atoms with van der Waals surface area (Å²) in [6.07, 6.45) is 1.54. The smallest absolute Gasteiger partial charge is 0.264 e. The number of rotatable bonds is 8. The molecule has 0 heterocycles. The Morgan fingerprint density at radius 3 is 2.38 bits per heavy atom. The molecule has 4 aromatic rings. The lowest BCUT2D eigenvalue weighted by Gasteiger charge is -2.25. The average Bonchev–Trinajstić information content (AvgIpc) is 2.88. The largest absolute Gasteiger partial charge is 0.495 e. The van der Waals surface area contributed by atoms with Gasteiger partial charge in [0.1, 0.15) is 12.3 Å². The highest BCUT2D eigenvalue weighted by Gasteiger charge is 2.29. The number of para-hydroxylation sites is 2. The predicted octanol–water partition coefficient (Wildman–Crippen LogP) is 4.19. The Kier molecular flexibility index (Phi) is 6.89. The number of anilines is 1. The lowest BCUT2D eigenvalue weighted by Crippen LogP contribution is -2.39. The van der Waals surface area contributed by atoms with Crippen LogP contribution in [0, 0.1) is 0 Å². The first-order valence-corrected chi connectivity index (χ1v) is 11.9. The van der Waals surface area contributed by atoms with Gasteiger partial charge in [-0.3, -0.25) is 9.10 Å². The van der Waals surface area contributed by atoms with Crippen molar-refractivity contribution in [1.82, 2.24) is 5.43 Å². The molecule has 4 aromatic carbocycles. The molecule has 7 nitrogen and oxygen atoms in total. The van der Waals surface area contributed by atoms with E-state index in [9.17, 15) is 13.2 Å². The van der Waals surface area contributed by atoms with E-state index < -0.39 is 22.5 Å². The van der Waals surface area contributed by atoms with Gasteiger partial charge in [-0.1, -0.05) is 72.8 Å². The first kappa shape index (κ1) is 23.0. The number of nitrogens with zero attached hydrogens (tertiary/aromatic N) is 2. The van der Waals surface area contributed by atoms with E-state index in [2.05, 4.69) is 10.5 Å². The zero-order valence-corrected chi connectivity index (χ0v) is 19.3. The zero-order valence-electron chi connectivity index (χ0n) is 18.5. The van der Waals surface area contributed by atoms with Gasteiger partial charge in [0.05, 0.1) is 23.9 Å². The van der Waals surface area contributed by atoms with Gasteiger partial charge < -0.3 is 4.74 Å². The van der Waals surface area contributed by atoms with E-state index in [0.29, 0.717) is 5.75 Å². The van der Waals surface area contributed by atoms with Gasteiger partial charge >= 0.3 is 0 Å². The van der Waals surface area contributed by atoms with Crippen molar-refractivity contribution in [2.45, 2.75) is 4.90 Å². The first-order chi connectivity index (χ1) is 16.5. The Morgan fingerprint density at radius 2 is 1.59 bits per heavy atom. The number of nitrogens with one attached hydrogen (secondary N) is 1. The molecule has 0 atom stereocenters. The van der Waals surface area contributed by atoms with Gasteiger partial charge in [0.2, 0.25) is 0 Å². The van der Waals surface area contributed by atoms with Crippen molar-refractivity contribution in [3.63, 3.8) is 0 Å². The summed E-state index contributed by atoms with van der Waals surface area (Å²) in [5.41, 5.74) is 3.52. The number of sulfonamides is 1. The van der Waals surface area contributed by atoms with E-state index in [1.807, 2.05) is 42.5 Å². The summed E-state index contributed by atoms with van der Waals surface area (Å²) in [4.78, 5) is 12.8. The van der Waals surface area contributed by atoms with Crippen molar-refractivity contribution in [2.75, 3.05) is 18.0 Å². The van der Waals surface area contributed by atoms with E-state index in [0.717, 1.165) is 20.6 Å².